The first-order valence-corrected chi connectivity index (χ1v) is 6.42. The number of carbonyl (C=O) groups is 1. The summed E-state index contributed by atoms with van der Waals surface area (Å²) in [5.41, 5.74) is 2.59. The highest BCUT2D eigenvalue weighted by Gasteiger charge is 2.25. The van der Waals surface area contributed by atoms with Crippen LogP contribution in [0.5, 0.6) is 0 Å². The molecule has 0 saturated carbocycles. The average Bonchev–Trinajstić information content (AvgIpc) is 2.43. The van der Waals surface area contributed by atoms with Crippen LogP contribution < -0.4 is 10.6 Å². The molecular weight excluding hydrogens is 226 g/mol. The van der Waals surface area contributed by atoms with Gasteiger partial charge in [0.1, 0.15) is 0 Å². The van der Waals surface area contributed by atoms with Crippen LogP contribution in [0, 0.1) is 0 Å². The van der Waals surface area contributed by atoms with Crippen molar-refractivity contribution in [2.75, 3.05) is 27.2 Å². The van der Waals surface area contributed by atoms with Crippen LogP contribution in [0.1, 0.15) is 11.1 Å². The molecule has 0 bridgehead atoms. The lowest BCUT2D eigenvalue weighted by Gasteiger charge is -2.29. The van der Waals surface area contributed by atoms with Crippen molar-refractivity contribution in [2.24, 2.45) is 0 Å². The van der Waals surface area contributed by atoms with Crippen molar-refractivity contribution in [3.8, 4) is 0 Å². The maximum atomic E-state index is 12.2. The first-order chi connectivity index (χ1) is 8.72. The zero-order valence-electron chi connectivity index (χ0n) is 11.1. The Balaban J connectivity index is 1.98. The summed E-state index contributed by atoms with van der Waals surface area (Å²) in [6, 6.07) is 8.23. The van der Waals surface area contributed by atoms with Crippen molar-refractivity contribution in [1.82, 2.24) is 15.5 Å². The van der Waals surface area contributed by atoms with E-state index in [0.717, 1.165) is 26.1 Å². The first-order valence-electron chi connectivity index (χ1n) is 6.42. The molecule has 0 aromatic heterocycles. The summed E-state index contributed by atoms with van der Waals surface area (Å²) in [6.45, 7) is 2.35. The molecule has 1 aromatic rings. The summed E-state index contributed by atoms with van der Waals surface area (Å²) < 4.78 is 0. The second kappa shape index (κ2) is 5.98. The Morgan fingerprint density at radius 2 is 2.17 bits per heavy atom. The van der Waals surface area contributed by atoms with E-state index in [1.807, 2.05) is 26.2 Å². The Hall–Kier alpha value is -1.39. The number of hydrogen-bond donors (Lipinski definition) is 2. The van der Waals surface area contributed by atoms with Crippen LogP contribution in [0.3, 0.4) is 0 Å². The maximum Gasteiger partial charge on any atom is 0.239 e. The minimum Gasteiger partial charge on any atom is -0.343 e. The fourth-order valence-electron chi connectivity index (χ4n) is 2.28. The van der Waals surface area contributed by atoms with Crippen LogP contribution >= 0.6 is 0 Å². The molecule has 2 N–H and O–H groups in total. The number of likely N-dealkylation sites (N-methyl/N-ethyl adjacent to an activating group) is 2. The van der Waals surface area contributed by atoms with E-state index in [9.17, 15) is 4.79 Å². The van der Waals surface area contributed by atoms with Gasteiger partial charge in [-0.25, -0.2) is 0 Å². The van der Waals surface area contributed by atoms with E-state index < -0.39 is 0 Å². The quantitative estimate of drug-likeness (QED) is 0.808. The van der Waals surface area contributed by atoms with E-state index in [4.69, 9.17) is 0 Å². The van der Waals surface area contributed by atoms with E-state index >= 15 is 0 Å². The standard InChI is InChI=1S/C14H21N3O/c1-15-7-8-17(2)14(18)13-9-11-5-3-4-6-12(11)10-16-13/h3-6,13,15-16H,7-10H2,1-2H3/t13-/m0/s1. The molecule has 98 valence electrons. The Bertz CT molecular complexity index is 419. The number of nitrogens with zero attached hydrogens (tertiary/aromatic N) is 1. The normalized spacial score (nSPS) is 18.2. The van der Waals surface area contributed by atoms with Gasteiger partial charge >= 0.3 is 0 Å². The number of hydrogen-bond acceptors (Lipinski definition) is 3. The largest absolute Gasteiger partial charge is 0.343 e. The van der Waals surface area contributed by atoms with Gasteiger partial charge in [-0.05, 0) is 24.6 Å². The summed E-state index contributed by atoms with van der Waals surface area (Å²) in [5, 5.41) is 6.38. The molecule has 1 aromatic carbocycles. The lowest BCUT2D eigenvalue weighted by atomic mass is 9.95. The molecule has 18 heavy (non-hydrogen) atoms. The van der Waals surface area contributed by atoms with Crippen LogP contribution in [0.4, 0.5) is 0 Å². The highest BCUT2D eigenvalue weighted by atomic mass is 16.2. The van der Waals surface area contributed by atoms with E-state index in [2.05, 4.69) is 22.8 Å². The second-order valence-corrected chi connectivity index (χ2v) is 4.77. The van der Waals surface area contributed by atoms with Crippen LogP contribution in [-0.4, -0.2) is 44.0 Å². The molecule has 0 unspecified atom stereocenters. The molecule has 1 atom stereocenters. The van der Waals surface area contributed by atoms with Gasteiger partial charge < -0.3 is 15.5 Å². The van der Waals surface area contributed by atoms with Crippen LogP contribution in [0.25, 0.3) is 0 Å². The number of rotatable bonds is 4. The van der Waals surface area contributed by atoms with Gasteiger partial charge in [-0.1, -0.05) is 24.3 Å². The minimum absolute atomic E-state index is 0.0817. The lowest BCUT2D eigenvalue weighted by molar-refractivity contribution is -0.132. The van der Waals surface area contributed by atoms with Crippen LogP contribution in [-0.2, 0) is 17.8 Å². The molecule has 0 spiro atoms. The van der Waals surface area contributed by atoms with Crippen molar-refractivity contribution in [1.29, 1.82) is 0 Å². The third-order valence-corrected chi connectivity index (χ3v) is 3.45. The molecule has 1 amide bonds. The molecule has 0 saturated heterocycles. The van der Waals surface area contributed by atoms with Gasteiger partial charge in [-0.15, -0.1) is 0 Å². The summed E-state index contributed by atoms with van der Waals surface area (Å²) in [6.07, 6.45) is 0.791. The molecular formula is C14H21N3O. The van der Waals surface area contributed by atoms with Crippen LogP contribution in [0.15, 0.2) is 24.3 Å². The maximum absolute atomic E-state index is 12.2. The zero-order valence-corrected chi connectivity index (χ0v) is 11.1. The predicted molar refractivity (Wildman–Crippen MR) is 72.3 cm³/mol. The van der Waals surface area contributed by atoms with E-state index in [0.29, 0.717) is 0 Å². The third kappa shape index (κ3) is 2.89. The van der Waals surface area contributed by atoms with E-state index in [1.165, 1.54) is 11.1 Å². The van der Waals surface area contributed by atoms with Crippen molar-refractivity contribution >= 4 is 5.91 Å². The fraction of sp³-hybridized carbons (Fsp3) is 0.500. The Morgan fingerprint density at radius 3 is 2.89 bits per heavy atom. The third-order valence-electron chi connectivity index (χ3n) is 3.45. The van der Waals surface area contributed by atoms with Crippen molar-refractivity contribution in [3.63, 3.8) is 0 Å². The Morgan fingerprint density at radius 1 is 1.44 bits per heavy atom. The predicted octanol–water partition coefficient (Wildman–Crippen LogP) is 0.379. The van der Waals surface area contributed by atoms with Gasteiger partial charge in [0.15, 0.2) is 0 Å². The van der Waals surface area contributed by atoms with Crippen LogP contribution in [0.2, 0.25) is 0 Å². The fourth-order valence-corrected chi connectivity index (χ4v) is 2.28. The Kier molecular flexibility index (Phi) is 4.33. The van der Waals surface area contributed by atoms with Gasteiger partial charge in [0, 0.05) is 26.7 Å². The van der Waals surface area contributed by atoms with Gasteiger partial charge in [-0.3, -0.25) is 4.79 Å². The number of nitrogens with one attached hydrogen (secondary N) is 2. The lowest BCUT2D eigenvalue weighted by Crippen LogP contribution is -2.49. The minimum atomic E-state index is -0.0817. The number of fused-ring (bicyclic) bond motifs is 1. The van der Waals surface area contributed by atoms with Gasteiger partial charge in [-0.2, -0.15) is 0 Å². The highest BCUT2D eigenvalue weighted by molar-refractivity contribution is 5.82. The van der Waals surface area contributed by atoms with E-state index in [-0.39, 0.29) is 11.9 Å². The first kappa shape index (κ1) is 13.1. The number of benzene rings is 1. The highest BCUT2D eigenvalue weighted by Crippen LogP contribution is 2.17. The SMILES string of the molecule is CNCCN(C)C(=O)[C@@H]1Cc2ccccc2CN1. The second-order valence-electron chi connectivity index (χ2n) is 4.77. The smallest absolute Gasteiger partial charge is 0.239 e. The summed E-state index contributed by atoms with van der Waals surface area (Å²) >= 11 is 0. The molecule has 0 fully saturated rings. The van der Waals surface area contributed by atoms with Gasteiger partial charge in [0.25, 0.3) is 0 Å². The number of carbonyl (C=O) groups excluding carboxylic acids is 1. The molecule has 0 radical (unpaired) electrons. The van der Waals surface area contributed by atoms with Crippen molar-refractivity contribution in [2.45, 2.75) is 19.0 Å². The molecule has 1 aliphatic heterocycles. The van der Waals surface area contributed by atoms with Crippen molar-refractivity contribution in [3.05, 3.63) is 35.4 Å². The average molecular weight is 247 g/mol. The molecule has 2 rings (SSSR count). The summed E-state index contributed by atoms with van der Waals surface area (Å²) in [5.74, 6) is 0.180. The van der Waals surface area contributed by atoms with Crippen molar-refractivity contribution < 1.29 is 4.79 Å². The monoisotopic (exact) mass is 247 g/mol. The molecule has 0 aliphatic carbocycles. The zero-order chi connectivity index (χ0) is 13.0. The van der Waals surface area contributed by atoms with E-state index in [1.54, 1.807) is 4.90 Å². The summed E-state index contributed by atoms with van der Waals surface area (Å²) in [7, 11) is 3.76. The molecule has 1 heterocycles. The molecule has 1 aliphatic rings. The van der Waals surface area contributed by atoms with Gasteiger partial charge in [0.05, 0.1) is 6.04 Å². The number of amides is 1. The molecule has 4 nitrogen and oxygen atoms in total. The van der Waals surface area contributed by atoms with Gasteiger partial charge in [0.2, 0.25) is 5.91 Å². The topological polar surface area (TPSA) is 44.4 Å². The summed E-state index contributed by atoms with van der Waals surface area (Å²) in [4.78, 5) is 14.0. The Labute approximate surface area is 108 Å². The molecule has 4 heteroatoms.